The molecule has 126 valence electrons. The average Bonchev–Trinajstić information content (AvgIpc) is 2.63. The van der Waals surface area contributed by atoms with Crippen molar-refractivity contribution >= 4 is 5.91 Å². The standard InChI is InChI=1S/C19H23N3O2/c1-14(23)22-11-7-15(8-12-22)13-18-19(21-10-9-20-18)16-3-5-17(24-2)6-4-16/h3-6,9-10,15H,7-8,11-13H2,1-2H3. The molecule has 1 aromatic carbocycles. The number of rotatable bonds is 4. The number of ether oxygens (including phenoxy) is 1. The highest BCUT2D eigenvalue weighted by Gasteiger charge is 2.22. The van der Waals surface area contributed by atoms with Crippen LogP contribution >= 0.6 is 0 Å². The van der Waals surface area contributed by atoms with Gasteiger partial charge >= 0.3 is 0 Å². The highest BCUT2D eigenvalue weighted by atomic mass is 16.5. The lowest BCUT2D eigenvalue weighted by Gasteiger charge is -2.31. The van der Waals surface area contributed by atoms with Gasteiger partial charge in [0, 0.05) is 38.0 Å². The molecule has 0 bridgehead atoms. The minimum absolute atomic E-state index is 0.173. The number of nitrogens with zero attached hydrogens (tertiary/aromatic N) is 3. The van der Waals surface area contributed by atoms with Gasteiger partial charge in [0.05, 0.1) is 18.5 Å². The first-order valence-electron chi connectivity index (χ1n) is 8.37. The molecule has 0 unspecified atom stereocenters. The van der Waals surface area contributed by atoms with Crippen LogP contribution in [0.1, 0.15) is 25.5 Å². The molecule has 1 aliphatic heterocycles. The second-order valence-corrected chi connectivity index (χ2v) is 6.23. The van der Waals surface area contributed by atoms with Gasteiger partial charge in [0.15, 0.2) is 0 Å². The lowest BCUT2D eigenvalue weighted by molar-refractivity contribution is -0.130. The Labute approximate surface area is 142 Å². The number of benzene rings is 1. The molecular weight excluding hydrogens is 302 g/mol. The number of piperidine rings is 1. The number of hydrogen-bond acceptors (Lipinski definition) is 4. The fourth-order valence-corrected chi connectivity index (χ4v) is 3.23. The van der Waals surface area contributed by atoms with Crippen molar-refractivity contribution in [2.24, 2.45) is 5.92 Å². The highest BCUT2D eigenvalue weighted by molar-refractivity contribution is 5.73. The molecule has 5 heteroatoms. The molecule has 1 saturated heterocycles. The van der Waals surface area contributed by atoms with E-state index in [1.807, 2.05) is 29.2 Å². The van der Waals surface area contributed by atoms with Gasteiger partial charge in [-0.05, 0) is 49.4 Å². The van der Waals surface area contributed by atoms with Gasteiger partial charge in [-0.15, -0.1) is 0 Å². The van der Waals surface area contributed by atoms with Crippen LogP contribution in [0.15, 0.2) is 36.7 Å². The largest absolute Gasteiger partial charge is 0.497 e. The van der Waals surface area contributed by atoms with E-state index in [1.165, 1.54) is 0 Å². The van der Waals surface area contributed by atoms with E-state index >= 15 is 0 Å². The van der Waals surface area contributed by atoms with Crippen LogP contribution in [-0.2, 0) is 11.2 Å². The summed E-state index contributed by atoms with van der Waals surface area (Å²) >= 11 is 0. The fourth-order valence-electron chi connectivity index (χ4n) is 3.23. The van der Waals surface area contributed by atoms with Crippen LogP contribution in [0.5, 0.6) is 5.75 Å². The zero-order valence-corrected chi connectivity index (χ0v) is 14.2. The number of aromatic nitrogens is 2. The van der Waals surface area contributed by atoms with Crippen LogP contribution in [0.3, 0.4) is 0 Å². The molecule has 1 fully saturated rings. The van der Waals surface area contributed by atoms with Gasteiger partial charge in [-0.1, -0.05) is 0 Å². The summed E-state index contributed by atoms with van der Waals surface area (Å²) in [5.41, 5.74) is 3.03. The zero-order chi connectivity index (χ0) is 16.9. The van der Waals surface area contributed by atoms with Crippen molar-refractivity contribution in [2.45, 2.75) is 26.2 Å². The van der Waals surface area contributed by atoms with Crippen LogP contribution in [0.25, 0.3) is 11.3 Å². The van der Waals surface area contributed by atoms with Gasteiger partial charge in [-0.3, -0.25) is 14.8 Å². The molecule has 24 heavy (non-hydrogen) atoms. The molecule has 0 saturated carbocycles. The Morgan fingerprint density at radius 2 is 1.83 bits per heavy atom. The molecule has 1 aliphatic rings. The first-order valence-corrected chi connectivity index (χ1v) is 8.37. The fraction of sp³-hybridized carbons (Fsp3) is 0.421. The SMILES string of the molecule is COc1ccc(-c2nccnc2CC2CCN(C(C)=O)CC2)cc1. The van der Waals surface area contributed by atoms with Crippen molar-refractivity contribution < 1.29 is 9.53 Å². The van der Waals surface area contributed by atoms with Gasteiger partial charge in [0.1, 0.15) is 5.75 Å². The maximum atomic E-state index is 11.4. The summed E-state index contributed by atoms with van der Waals surface area (Å²) in [6.45, 7) is 3.33. The Kier molecular flexibility index (Phi) is 5.08. The van der Waals surface area contributed by atoms with Crippen LogP contribution in [0.4, 0.5) is 0 Å². The zero-order valence-electron chi connectivity index (χ0n) is 14.2. The topological polar surface area (TPSA) is 55.3 Å². The third kappa shape index (κ3) is 3.72. The summed E-state index contributed by atoms with van der Waals surface area (Å²) in [5.74, 6) is 1.56. The predicted octanol–water partition coefficient (Wildman–Crippen LogP) is 2.95. The van der Waals surface area contributed by atoms with E-state index in [9.17, 15) is 4.79 Å². The van der Waals surface area contributed by atoms with Crippen LogP contribution < -0.4 is 4.74 Å². The number of methoxy groups -OCH3 is 1. The third-order valence-corrected chi connectivity index (χ3v) is 4.68. The lowest BCUT2D eigenvalue weighted by Crippen LogP contribution is -2.37. The van der Waals surface area contributed by atoms with E-state index in [2.05, 4.69) is 9.97 Å². The van der Waals surface area contributed by atoms with E-state index in [4.69, 9.17) is 4.74 Å². The average molecular weight is 325 g/mol. The van der Waals surface area contributed by atoms with Gasteiger partial charge in [-0.2, -0.15) is 0 Å². The van der Waals surface area contributed by atoms with Crippen molar-refractivity contribution in [3.63, 3.8) is 0 Å². The van der Waals surface area contributed by atoms with Gasteiger partial charge in [-0.25, -0.2) is 0 Å². The van der Waals surface area contributed by atoms with Crippen molar-refractivity contribution in [3.05, 3.63) is 42.4 Å². The van der Waals surface area contributed by atoms with E-state index in [1.54, 1.807) is 26.4 Å². The number of carbonyl (C=O) groups excluding carboxylic acids is 1. The van der Waals surface area contributed by atoms with Crippen LogP contribution in [0.2, 0.25) is 0 Å². The molecule has 3 rings (SSSR count). The summed E-state index contributed by atoms with van der Waals surface area (Å²) in [6.07, 6.45) is 6.45. The maximum Gasteiger partial charge on any atom is 0.219 e. The Bertz CT molecular complexity index is 692. The summed E-state index contributed by atoms with van der Waals surface area (Å²) in [7, 11) is 1.66. The molecule has 2 heterocycles. The lowest BCUT2D eigenvalue weighted by atomic mass is 9.90. The summed E-state index contributed by atoms with van der Waals surface area (Å²) < 4.78 is 5.22. The van der Waals surface area contributed by atoms with Crippen molar-refractivity contribution in [3.8, 4) is 17.0 Å². The Morgan fingerprint density at radius 1 is 1.17 bits per heavy atom. The number of amides is 1. The molecule has 0 radical (unpaired) electrons. The first kappa shape index (κ1) is 16.4. The van der Waals surface area contributed by atoms with Gasteiger partial charge in [0.25, 0.3) is 0 Å². The minimum Gasteiger partial charge on any atom is -0.497 e. The molecule has 0 spiro atoms. The Hall–Kier alpha value is -2.43. The molecule has 0 atom stereocenters. The molecule has 1 aromatic heterocycles. The molecule has 2 aromatic rings. The summed E-state index contributed by atoms with van der Waals surface area (Å²) in [5, 5.41) is 0. The number of hydrogen-bond donors (Lipinski definition) is 0. The second-order valence-electron chi connectivity index (χ2n) is 6.23. The normalized spacial score (nSPS) is 15.3. The van der Waals surface area contributed by atoms with E-state index in [-0.39, 0.29) is 5.91 Å². The predicted molar refractivity (Wildman–Crippen MR) is 92.7 cm³/mol. The molecule has 1 amide bonds. The number of likely N-dealkylation sites (tertiary alicyclic amines) is 1. The first-order chi connectivity index (χ1) is 11.7. The molecule has 0 aliphatic carbocycles. The van der Waals surface area contributed by atoms with Crippen LogP contribution in [-0.4, -0.2) is 41.0 Å². The molecular formula is C19H23N3O2. The number of carbonyl (C=O) groups is 1. The third-order valence-electron chi connectivity index (χ3n) is 4.68. The van der Waals surface area contributed by atoms with E-state index < -0.39 is 0 Å². The Balaban J connectivity index is 1.74. The molecule has 5 nitrogen and oxygen atoms in total. The highest BCUT2D eigenvalue weighted by Crippen LogP contribution is 2.27. The van der Waals surface area contributed by atoms with Crippen LogP contribution in [0, 0.1) is 5.92 Å². The van der Waals surface area contributed by atoms with E-state index in [0.29, 0.717) is 5.92 Å². The second kappa shape index (κ2) is 7.43. The monoisotopic (exact) mass is 325 g/mol. The smallest absolute Gasteiger partial charge is 0.219 e. The van der Waals surface area contributed by atoms with E-state index in [0.717, 1.165) is 55.1 Å². The summed E-state index contributed by atoms with van der Waals surface area (Å²) in [6, 6.07) is 7.92. The van der Waals surface area contributed by atoms with Crippen molar-refractivity contribution in [2.75, 3.05) is 20.2 Å². The maximum absolute atomic E-state index is 11.4. The summed E-state index contributed by atoms with van der Waals surface area (Å²) in [4.78, 5) is 22.5. The van der Waals surface area contributed by atoms with Crippen molar-refractivity contribution in [1.29, 1.82) is 0 Å². The molecule has 0 N–H and O–H groups in total. The van der Waals surface area contributed by atoms with Crippen molar-refractivity contribution in [1.82, 2.24) is 14.9 Å². The van der Waals surface area contributed by atoms with Gasteiger partial charge < -0.3 is 9.64 Å². The minimum atomic E-state index is 0.173. The quantitative estimate of drug-likeness (QED) is 0.867. The Morgan fingerprint density at radius 3 is 2.46 bits per heavy atom. The van der Waals surface area contributed by atoms with Gasteiger partial charge in [0.2, 0.25) is 5.91 Å².